The van der Waals surface area contributed by atoms with Crippen molar-refractivity contribution >= 4 is 16.7 Å². The number of pyridine rings is 2. The van der Waals surface area contributed by atoms with Gasteiger partial charge in [-0.05, 0) is 29.8 Å². The third-order valence-electron chi connectivity index (χ3n) is 2.80. The van der Waals surface area contributed by atoms with Crippen LogP contribution < -0.4 is 5.73 Å². The minimum absolute atomic E-state index is 0.767. The molecule has 0 aliphatic rings. The molecule has 0 unspecified atom stereocenters. The van der Waals surface area contributed by atoms with Crippen molar-refractivity contribution in [2.24, 2.45) is 0 Å². The second-order valence-electron chi connectivity index (χ2n) is 3.94. The van der Waals surface area contributed by atoms with Gasteiger partial charge in [0.2, 0.25) is 0 Å². The van der Waals surface area contributed by atoms with Crippen LogP contribution in [0.5, 0.6) is 0 Å². The van der Waals surface area contributed by atoms with Crippen molar-refractivity contribution in [2.75, 3.05) is 5.73 Å². The highest BCUT2D eigenvalue weighted by atomic mass is 15.0. The quantitative estimate of drug-likeness (QED) is 0.724. The molecule has 0 saturated carbocycles. The van der Waals surface area contributed by atoms with E-state index in [-0.39, 0.29) is 0 Å². The summed E-state index contributed by atoms with van der Waals surface area (Å²) in [6.07, 6.45) is 7.33. The molecule has 3 heterocycles. The fourth-order valence-corrected chi connectivity index (χ4v) is 1.92. The van der Waals surface area contributed by atoms with E-state index in [4.69, 9.17) is 5.73 Å². The molecule has 17 heavy (non-hydrogen) atoms. The predicted octanol–water partition coefficient (Wildman–Crippen LogP) is 2.06. The second-order valence-corrected chi connectivity index (χ2v) is 3.94. The Hall–Kier alpha value is -2.36. The first kappa shape index (κ1) is 9.84. The van der Waals surface area contributed by atoms with Crippen molar-refractivity contribution in [2.45, 2.75) is 6.54 Å². The van der Waals surface area contributed by atoms with Gasteiger partial charge in [-0.3, -0.25) is 4.98 Å². The lowest BCUT2D eigenvalue weighted by molar-refractivity contribution is 0.823. The molecule has 3 aromatic heterocycles. The van der Waals surface area contributed by atoms with E-state index in [1.165, 1.54) is 5.56 Å². The van der Waals surface area contributed by atoms with Crippen molar-refractivity contribution in [1.82, 2.24) is 14.5 Å². The van der Waals surface area contributed by atoms with E-state index in [1.807, 2.05) is 30.5 Å². The molecule has 4 heteroatoms. The van der Waals surface area contributed by atoms with Gasteiger partial charge in [0.1, 0.15) is 5.65 Å². The number of nitrogens with two attached hydrogens (primary N) is 1. The molecule has 3 rings (SSSR count). The number of aromatic nitrogens is 3. The van der Waals surface area contributed by atoms with Crippen LogP contribution in [0.3, 0.4) is 0 Å². The Bertz CT molecular complexity index is 643. The fourth-order valence-electron chi connectivity index (χ4n) is 1.92. The minimum Gasteiger partial charge on any atom is -0.398 e. The van der Waals surface area contributed by atoms with Crippen molar-refractivity contribution in [3.05, 3.63) is 54.6 Å². The highest BCUT2D eigenvalue weighted by Crippen LogP contribution is 2.20. The standard InChI is InChI=1S/C13H12N4/c14-12-3-7-16-13-11(12)4-8-17(13)9-10-1-5-15-6-2-10/h1-8H,9H2,(H2,14,16). The van der Waals surface area contributed by atoms with E-state index in [1.54, 1.807) is 18.6 Å². The van der Waals surface area contributed by atoms with Crippen LogP contribution in [0.15, 0.2) is 49.1 Å². The molecule has 2 N–H and O–H groups in total. The third kappa shape index (κ3) is 1.73. The van der Waals surface area contributed by atoms with Gasteiger partial charge in [-0.25, -0.2) is 4.98 Å². The van der Waals surface area contributed by atoms with Crippen LogP contribution in [0.25, 0.3) is 11.0 Å². The minimum atomic E-state index is 0.767. The number of nitrogens with zero attached hydrogens (tertiary/aromatic N) is 3. The van der Waals surface area contributed by atoms with Gasteiger partial charge >= 0.3 is 0 Å². The Morgan fingerprint density at radius 2 is 1.88 bits per heavy atom. The van der Waals surface area contributed by atoms with Crippen molar-refractivity contribution in [3.63, 3.8) is 0 Å². The van der Waals surface area contributed by atoms with E-state index in [9.17, 15) is 0 Å². The molecule has 0 spiro atoms. The monoisotopic (exact) mass is 224 g/mol. The lowest BCUT2D eigenvalue weighted by atomic mass is 10.2. The summed E-state index contributed by atoms with van der Waals surface area (Å²) in [6, 6.07) is 7.81. The Balaban J connectivity index is 2.05. The topological polar surface area (TPSA) is 56.7 Å². The molecule has 0 aromatic carbocycles. The molecule has 3 aromatic rings. The zero-order valence-electron chi connectivity index (χ0n) is 9.24. The highest BCUT2D eigenvalue weighted by Gasteiger charge is 2.04. The molecule has 0 saturated heterocycles. The first-order valence-corrected chi connectivity index (χ1v) is 5.43. The van der Waals surface area contributed by atoms with Crippen LogP contribution in [0.2, 0.25) is 0 Å². The fraction of sp³-hybridized carbons (Fsp3) is 0.0769. The van der Waals surface area contributed by atoms with Crippen molar-refractivity contribution < 1.29 is 0 Å². The van der Waals surface area contributed by atoms with Gasteiger partial charge in [-0.2, -0.15) is 0 Å². The number of hydrogen-bond acceptors (Lipinski definition) is 3. The lowest BCUT2D eigenvalue weighted by Gasteiger charge is -2.04. The van der Waals surface area contributed by atoms with E-state index < -0.39 is 0 Å². The summed E-state index contributed by atoms with van der Waals surface area (Å²) in [5.74, 6) is 0. The van der Waals surface area contributed by atoms with Gasteiger partial charge in [0.15, 0.2) is 0 Å². The number of hydrogen-bond donors (Lipinski definition) is 1. The van der Waals surface area contributed by atoms with Gasteiger partial charge in [0.25, 0.3) is 0 Å². The van der Waals surface area contributed by atoms with Crippen LogP contribution in [0.1, 0.15) is 5.56 Å². The van der Waals surface area contributed by atoms with Crippen LogP contribution in [-0.4, -0.2) is 14.5 Å². The normalized spacial score (nSPS) is 10.8. The van der Waals surface area contributed by atoms with Crippen LogP contribution in [-0.2, 0) is 6.54 Å². The van der Waals surface area contributed by atoms with Gasteiger partial charge < -0.3 is 10.3 Å². The molecule has 84 valence electrons. The van der Waals surface area contributed by atoms with Gasteiger partial charge in [0, 0.05) is 42.4 Å². The molecule has 0 radical (unpaired) electrons. The van der Waals surface area contributed by atoms with Crippen molar-refractivity contribution in [1.29, 1.82) is 0 Å². The average molecular weight is 224 g/mol. The summed E-state index contributed by atoms with van der Waals surface area (Å²) < 4.78 is 2.08. The molecular formula is C13H12N4. The summed E-state index contributed by atoms with van der Waals surface area (Å²) in [7, 11) is 0. The molecule has 0 atom stereocenters. The van der Waals surface area contributed by atoms with Gasteiger partial charge in [-0.1, -0.05) is 0 Å². The molecule has 0 aliphatic heterocycles. The lowest BCUT2D eigenvalue weighted by Crippen LogP contribution is -1.99. The smallest absolute Gasteiger partial charge is 0.142 e. The van der Waals surface area contributed by atoms with Crippen LogP contribution in [0.4, 0.5) is 5.69 Å². The average Bonchev–Trinajstić information content (AvgIpc) is 2.76. The maximum absolute atomic E-state index is 5.90. The first-order valence-electron chi connectivity index (χ1n) is 5.43. The van der Waals surface area contributed by atoms with Gasteiger partial charge in [-0.15, -0.1) is 0 Å². The third-order valence-corrected chi connectivity index (χ3v) is 2.80. The first-order chi connectivity index (χ1) is 8.34. The molecule has 0 fully saturated rings. The summed E-state index contributed by atoms with van der Waals surface area (Å²) >= 11 is 0. The summed E-state index contributed by atoms with van der Waals surface area (Å²) in [6.45, 7) is 0.780. The maximum atomic E-state index is 5.90. The highest BCUT2D eigenvalue weighted by molar-refractivity contribution is 5.88. The summed E-state index contributed by atoms with van der Waals surface area (Å²) in [4.78, 5) is 8.37. The van der Waals surface area contributed by atoms with Crippen molar-refractivity contribution in [3.8, 4) is 0 Å². The zero-order chi connectivity index (χ0) is 11.7. The second kappa shape index (κ2) is 3.90. The SMILES string of the molecule is Nc1ccnc2c1ccn2Cc1ccncc1. The van der Waals surface area contributed by atoms with Crippen LogP contribution >= 0.6 is 0 Å². The number of nitrogen functional groups attached to an aromatic ring is 1. The number of fused-ring (bicyclic) bond motifs is 1. The Kier molecular flexibility index (Phi) is 2.26. The molecule has 0 aliphatic carbocycles. The van der Waals surface area contributed by atoms with E-state index >= 15 is 0 Å². The summed E-state index contributed by atoms with van der Waals surface area (Å²) in [5.41, 5.74) is 8.78. The van der Waals surface area contributed by atoms with Crippen LogP contribution in [0, 0.1) is 0 Å². The molecular weight excluding hydrogens is 212 g/mol. The Morgan fingerprint density at radius 3 is 2.71 bits per heavy atom. The largest absolute Gasteiger partial charge is 0.398 e. The maximum Gasteiger partial charge on any atom is 0.142 e. The Morgan fingerprint density at radius 1 is 1.06 bits per heavy atom. The Labute approximate surface area is 98.7 Å². The predicted molar refractivity (Wildman–Crippen MR) is 67.5 cm³/mol. The molecule has 0 amide bonds. The molecule has 0 bridgehead atoms. The summed E-state index contributed by atoms with van der Waals surface area (Å²) in [5, 5.41) is 1.00. The number of anilines is 1. The van der Waals surface area contributed by atoms with E-state index in [0.717, 1.165) is 23.3 Å². The molecule has 4 nitrogen and oxygen atoms in total. The zero-order valence-corrected chi connectivity index (χ0v) is 9.24. The number of rotatable bonds is 2. The van der Waals surface area contributed by atoms with E-state index in [2.05, 4.69) is 14.5 Å². The van der Waals surface area contributed by atoms with E-state index in [0.29, 0.717) is 0 Å². The van der Waals surface area contributed by atoms with Gasteiger partial charge in [0.05, 0.1) is 0 Å².